The minimum absolute atomic E-state index is 0.148. The number of hydrogen-bond acceptors (Lipinski definition) is 3. The van der Waals surface area contributed by atoms with Gasteiger partial charge in [-0.15, -0.1) is 0 Å². The van der Waals surface area contributed by atoms with Crippen LogP contribution in [0.15, 0.2) is 42.6 Å². The molecule has 5 nitrogen and oxygen atoms in total. The summed E-state index contributed by atoms with van der Waals surface area (Å²) in [4.78, 5) is 18.5. The minimum Gasteiger partial charge on any atom is -0.335 e. The maximum atomic E-state index is 11.8. The number of aromatic nitrogens is 1. The second-order valence-corrected chi connectivity index (χ2v) is 6.16. The molecular weight excluding hydrogens is 288 g/mol. The second-order valence-electron chi connectivity index (χ2n) is 6.16. The van der Waals surface area contributed by atoms with Crippen LogP contribution in [0.3, 0.4) is 0 Å². The number of amides is 2. The van der Waals surface area contributed by atoms with Crippen LogP contribution in [-0.2, 0) is 6.42 Å². The molecule has 0 radical (unpaired) electrons. The lowest BCUT2D eigenvalue weighted by atomic mass is 10.0. The van der Waals surface area contributed by atoms with E-state index in [-0.39, 0.29) is 6.03 Å². The SMILES string of the molecule is O=C(Nc1ccc(N2CCCc3ccccc32)nc1)NC1CC1. The number of hydrogen-bond donors (Lipinski definition) is 2. The Morgan fingerprint density at radius 2 is 2.04 bits per heavy atom. The average Bonchev–Trinajstić information content (AvgIpc) is 3.39. The number of fused-ring (bicyclic) bond motifs is 1. The molecular formula is C18H20N4O. The third kappa shape index (κ3) is 3.13. The molecule has 1 aromatic carbocycles. The third-order valence-electron chi connectivity index (χ3n) is 4.31. The number of aryl methyl sites for hydroxylation is 1. The van der Waals surface area contributed by atoms with Gasteiger partial charge in [-0.05, 0) is 49.4 Å². The van der Waals surface area contributed by atoms with E-state index in [1.165, 1.54) is 11.3 Å². The van der Waals surface area contributed by atoms with Crippen LogP contribution in [0.1, 0.15) is 24.8 Å². The summed E-state index contributed by atoms with van der Waals surface area (Å²) in [6.45, 7) is 0.971. The smallest absolute Gasteiger partial charge is 0.319 e. The summed E-state index contributed by atoms with van der Waals surface area (Å²) < 4.78 is 0. The summed E-state index contributed by atoms with van der Waals surface area (Å²) in [7, 11) is 0. The average molecular weight is 308 g/mol. The lowest BCUT2D eigenvalue weighted by molar-refractivity contribution is 0.251. The van der Waals surface area contributed by atoms with Crippen molar-refractivity contribution in [2.24, 2.45) is 0 Å². The number of rotatable bonds is 3. The fourth-order valence-electron chi connectivity index (χ4n) is 2.97. The van der Waals surface area contributed by atoms with E-state index in [2.05, 4.69) is 44.8 Å². The van der Waals surface area contributed by atoms with Crippen molar-refractivity contribution in [2.45, 2.75) is 31.7 Å². The van der Waals surface area contributed by atoms with Gasteiger partial charge in [0.2, 0.25) is 0 Å². The van der Waals surface area contributed by atoms with Crippen molar-refractivity contribution in [2.75, 3.05) is 16.8 Å². The van der Waals surface area contributed by atoms with Gasteiger partial charge in [0.25, 0.3) is 0 Å². The summed E-state index contributed by atoms with van der Waals surface area (Å²) in [6, 6.07) is 12.6. The molecule has 0 saturated heterocycles. The van der Waals surface area contributed by atoms with Crippen LogP contribution >= 0.6 is 0 Å². The van der Waals surface area contributed by atoms with Crippen LogP contribution in [0.2, 0.25) is 0 Å². The standard InChI is InChI=1S/C18H20N4O/c23-18(20-14-7-8-14)21-15-9-10-17(19-12-15)22-11-3-5-13-4-1-2-6-16(13)22/h1-2,4,6,9-10,12,14H,3,5,7-8,11H2,(H2,20,21,23). The van der Waals surface area contributed by atoms with Gasteiger partial charge in [0.05, 0.1) is 11.9 Å². The van der Waals surface area contributed by atoms with Gasteiger partial charge in [0, 0.05) is 18.3 Å². The Hall–Kier alpha value is -2.56. The van der Waals surface area contributed by atoms with Gasteiger partial charge >= 0.3 is 6.03 Å². The van der Waals surface area contributed by atoms with Gasteiger partial charge in [0.1, 0.15) is 5.82 Å². The van der Waals surface area contributed by atoms with E-state index in [1.807, 2.05) is 12.1 Å². The Morgan fingerprint density at radius 1 is 1.17 bits per heavy atom. The summed E-state index contributed by atoms with van der Waals surface area (Å²) in [5, 5.41) is 5.74. The number of urea groups is 1. The molecule has 2 heterocycles. The number of benzene rings is 1. The zero-order valence-corrected chi connectivity index (χ0v) is 13.0. The molecule has 0 unspecified atom stereocenters. The van der Waals surface area contributed by atoms with Crippen LogP contribution in [0.25, 0.3) is 0 Å². The first-order chi connectivity index (χ1) is 11.3. The molecule has 0 atom stereocenters. The summed E-state index contributed by atoms with van der Waals surface area (Å²) >= 11 is 0. The topological polar surface area (TPSA) is 57.3 Å². The molecule has 23 heavy (non-hydrogen) atoms. The van der Waals surface area contributed by atoms with Crippen LogP contribution in [-0.4, -0.2) is 23.6 Å². The maximum Gasteiger partial charge on any atom is 0.319 e. The van der Waals surface area contributed by atoms with Gasteiger partial charge in [0.15, 0.2) is 0 Å². The van der Waals surface area contributed by atoms with Crippen LogP contribution in [0.5, 0.6) is 0 Å². The highest BCUT2D eigenvalue weighted by Gasteiger charge is 2.23. The molecule has 2 aliphatic rings. The normalized spacial score (nSPS) is 16.6. The summed E-state index contributed by atoms with van der Waals surface area (Å²) in [5.74, 6) is 0.922. The molecule has 5 heteroatoms. The fraction of sp³-hybridized carbons (Fsp3) is 0.333. The lowest BCUT2D eigenvalue weighted by Crippen LogP contribution is -2.30. The molecule has 2 aromatic rings. The Balaban J connectivity index is 1.49. The van der Waals surface area contributed by atoms with Gasteiger partial charge in [-0.2, -0.15) is 0 Å². The molecule has 4 rings (SSSR count). The van der Waals surface area contributed by atoms with Crippen LogP contribution < -0.4 is 15.5 Å². The van der Waals surface area contributed by atoms with Crippen LogP contribution in [0, 0.1) is 0 Å². The monoisotopic (exact) mass is 308 g/mol. The van der Waals surface area contributed by atoms with E-state index >= 15 is 0 Å². The van der Waals surface area contributed by atoms with E-state index < -0.39 is 0 Å². The minimum atomic E-state index is -0.148. The second kappa shape index (κ2) is 5.91. The van der Waals surface area contributed by atoms with E-state index in [0.29, 0.717) is 6.04 Å². The predicted molar refractivity (Wildman–Crippen MR) is 91.2 cm³/mol. The first-order valence-corrected chi connectivity index (χ1v) is 8.18. The van der Waals surface area contributed by atoms with Crippen molar-refractivity contribution in [3.8, 4) is 0 Å². The van der Waals surface area contributed by atoms with Crippen molar-refractivity contribution in [1.82, 2.24) is 10.3 Å². The molecule has 0 bridgehead atoms. The maximum absolute atomic E-state index is 11.8. The van der Waals surface area contributed by atoms with Gasteiger partial charge in [-0.1, -0.05) is 18.2 Å². The number of nitrogens with one attached hydrogen (secondary N) is 2. The molecule has 1 saturated carbocycles. The third-order valence-corrected chi connectivity index (χ3v) is 4.31. The van der Waals surface area contributed by atoms with E-state index in [4.69, 9.17) is 0 Å². The van der Waals surface area contributed by atoms with Gasteiger partial charge < -0.3 is 15.5 Å². The molecule has 1 fully saturated rings. The summed E-state index contributed by atoms with van der Waals surface area (Å²) in [6.07, 6.45) is 6.13. The quantitative estimate of drug-likeness (QED) is 0.913. The Labute approximate surface area is 135 Å². The first-order valence-electron chi connectivity index (χ1n) is 8.18. The van der Waals surface area contributed by atoms with Gasteiger partial charge in [-0.25, -0.2) is 9.78 Å². The van der Waals surface area contributed by atoms with Crippen molar-refractivity contribution < 1.29 is 4.79 Å². The number of pyridine rings is 1. The van der Waals surface area contributed by atoms with Crippen molar-refractivity contribution >= 4 is 23.2 Å². The van der Waals surface area contributed by atoms with Crippen molar-refractivity contribution in [1.29, 1.82) is 0 Å². The highest BCUT2D eigenvalue weighted by Crippen LogP contribution is 2.32. The van der Waals surface area contributed by atoms with Crippen LogP contribution in [0.4, 0.5) is 22.0 Å². The molecule has 1 aliphatic heterocycles. The number of nitrogens with zero attached hydrogens (tertiary/aromatic N) is 2. The lowest BCUT2D eigenvalue weighted by Gasteiger charge is -2.30. The molecule has 118 valence electrons. The number of anilines is 3. The Bertz CT molecular complexity index is 709. The molecule has 2 amide bonds. The number of carbonyl (C=O) groups is 1. The Morgan fingerprint density at radius 3 is 2.83 bits per heavy atom. The van der Waals surface area contributed by atoms with Gasteiger partial charge in [-0.3, -0.25) is 0 Å². The Kier molecular flexibility index (Phi) is 3.61. The van der Waals surface area contributed by atoms with Crippen molar-refractivity contribution in [3.05, 3.63) is 48.2 Å². The molecule has 1 aromatic heterocycles. The zero-order chi connectivity index (χ0) is 15.6. The highest BCUT2D eigenvalue weighted by atomic mass is 16.2. The highest BCUT2D eigenvalue weighted by molar-refractivity contribution is 5.89. The fourth-order valence-corrected chi connectivity index (χ4v) is 2.97. The molecule has 0 spiro atoms. The van der Waals surface area contributed by atoms with Crippen molar-refractivity contribution in [3.63, 3.8) is 0 Å². The number of para-hydroxylation sites is 1. The van der Waals surface area contributed by atoms with E-state index in [1.54, 1.807) is 6.20 Å². The predicted octanol–water partition coefficient (Wildman–Crippen LogP) is 3.45. The molecule has 1 aliphatic carbocycles. The largest absolute Gasteiger partial charge is 0.335 e. The number of carbonyl (C=O) groups excluding carboxylic acids is 1. The summed E-state index contributed by atoms with van der Waals surface area (Å²) in [5.41, 5.74) is 3.32. The molecule has 2 N–H and O–H groups in total. The van der Waals surface area contributed by atoms with E-state index in [9.17, 15) is 4.79 Å². The zero-order valence-electron chi connectivity index (χ0n) is 13.0. The van der Waals surface area contributed by atoms with E-state index in [0.717, 1.165) is 43.7 Å². The first kappa shape index (κ1) is 14.1.